The summed E-state index contributed by atoms with van der Waals surface area (Å²) in [7, 11) is 0. The van der Waals surface area contributed by atoms with Crippen LogP contribution < -0.4 is 4.74 Å². The monoisotopic (exact) mass is 260 g/mol. The van der Waals surface area contributed by atoms with Gasteiger partial charge in [0.05, 0.1) is 5.56 Å². The van der Waals surface area contributed by atoms with Crippen molar-refractivity contribution in [2.24, 2.45) is 0 Å². The van der Waals surface area contributed by atoms with Gasteiger partial charge in [-0.05, 0) is 61.4 Å². The molecule has 4 heteroatoms. The minimum atomic E-state index is -0.979. The zero-order chi connectivity index (χ0) is 14.0. The molecule has 0 atom stereocenters. The molecule has 0 bridgehead atoms. The van der Waals surface area contributed by atoms with Gasteiger partial charge in [0, 0.05) is 0 Å². The Labute approximate surface area is 110 Å². The molecular formula is C15H13FO3. The summed E-state index contributed by atoms with van der Waals surface area (Å²) in [6, 6.07) is 9.07. The van der Waals surface area contributed by atoms with Crippen LogP contribution in [0.5, 0.6) is 11.5 Å². The highest BCUT2D eigenvalue weighted by Gasteiger charge is 2.08. The topological polar surface area (TPSA) is 46.5 Å². The molecule has 0 aliphatic rings. The molecule has 19 heavy (non-hydrogen) atoms. The number of aromatic carboxylic acids is 1. The van der Waals surface area contributed by atoms with E-state index in [0.717, 1.165) is 0 Å². The van der Waals surface area contributed by atoms with Gasteiger partial charge < -0.3 is 9.84 Å². The van der Waals surface area contributed by atoms with Crippen LogP contribution in [0.25, 0.3) is 0 Å². The molecule has 0 saturated carbocycles. The molecule has 2 aromatic carbocycles. The van der Waals surface area contributed by atoms with Crippen LogP contribution >= 0.6 is 0 Å². The largest absolute Gasteiger partial charge is 0.478 e. The third kappa shape index (κ3) is 2.91. The summed E-state index contributed by atoms with van der Waals surface area (Å²) in [6.07, 6.45) is 0. The first-order valence-electron chi connectivity index (χ1n) is 5.75. The van der Waals surface area contributed by atoms with E-state index in [1.54, 1.807) is 26.0 Å². The molecule has 3 nitrogen and oxygen atoms in total. The van der Waals surface area contributed by atoms with Gasteiger partial charge in [-0.15, -0.1) is 0 Å². The second kappa shape index (κ2) is 5.10. The van der Waals surface area contributed by atoms with E-state index in [4.69, 9.17) is 9.84 Å². The number of carboxylic acids is 1. The van der Waals surface area contributed by atoms with E-state index >= 15 is 0 Å². The van der Waals surface area contributed by atoms with Gasteiger partial charge in [0.25, 0.3) is 0 Å². The maximum absolute atomic E-state index is 13.1. The summed E-state index contributed by atoms with van der Waals surface area (Å²) >= 11 is 0. The summed E-state index contributed by atoms with van der Waals surface area (Å²) in [6.45, 7) is 3.42. The van der Waals surface area contributed by atoms with Crippen LogP contribution in [0.2, 0.25) is 0 Å². The summed E-state index contributed by atoms with van der Waals surface area (Å²) < 4.78 is 18.8. The number of benzene rings is 2. The third-order valence-corrected chi connectivity index (χ3v) is 2.78. The van der Waals surface area contributed by atoms with E-state index in [9.17, 15) is 9.18 Å². The van der Waals surface area contributed by atoms with Gasteiger partial charge in [0.2, 0.25) is 0 Å². The van der Waals surface area contributed by atoms with Gasteiger partial charge in [0.15, 0.2) is 0 Å². The van der Waals surface area contributed by atoms with Crippen molar-refractivity contribution >= 4 is 5.97 Å². The van der Waals surface area contributed by atoms with Gasteiger partial charge >= 0.3 is 5.97 Å². The predicted octanol–water partition coefficient (Wildman–Crippen LogP) is 3.93. The van der Waals surface area contributed by atoms with Crippen LogP contribution in [-0.4, -0.2) is 11.1 Å². The van der Waals surface area contributed by atoms with Crippen molar-refractivity contribution < 1.29 is 19.0 Å². The first-order chi connectivity index (χ1) is 8.97. The second-order valence-electron chi connectivity index (χ2n) is 4.30. The van der Waals surface area contributed by atoms with Crippen molar-refractivity contribution in [2.45, 2.75) is 13.8 Å². The fourth-order valence-electron chi connectivity index (χ4n) is 1.70. The fraction of sp³-hybridized carbons (Fsp3) is 0.133. The zero-order valence-electron chi connectivity index (χ0n) is 10.6. The van der Waals surface area contributed by atoms with Gasteiger partial charge in [-0.2, -0.15) is 0 Å². The molecule has 0 heterocycles. The van der Waals surface area contributed by atoms with Crippen LogP contribution in [0.15, 0.2) is 36.4 Å². The van der Waals surface area contributed by atoms with E-state index in [1.807, 2.05) is 0 Å². The standard InChI is InChI=1S/C15H13FO3/c1-9-8-12(4-5-13(9)16)19-14-6-3-11(15(17)18)7-10(14)2/h3-8H,1-2H3,(H,17,18). The molecule has 0 aliphatic carbocycles. The lowest BCUT2D eigenvalue weighted by Crippen LogP contribution is -1.97. The summed E-state index contributed by atoms with van der Waals surface area (Å²) in [5.41, 5.74) is 1.42. The van der Waals surface area contributed by atoms with Crippen LogP contribution in [0.1, 0.15) is 21.5 Å². The highest BCUT2D eigenvalue weighted by molar-refractivity contribution is 5.88. The lowest BCUT2D eigenvalue weighted by Gasteiger charge is -2.10. The Hall–Kier alpha value is -2.36. The number of carboxylic acid groups (broad SMARTS) is 1. The normalized spacial score (nSPS) is 10.3. The first-order valence-corrected chi connectivity index (χ1v) is 5.75. The molecule has 0 aliphatic heterocycles. The van der Waals surface area contributed by atoms with E-state index in [-0.39, 0.29) is 11.4 Å². The van der Waals surface area contributed by atoms with Crippen molar-refractivity contribution in [3.8, 4) is 11.5 Å². The van der Waals surface area contributed by atoms with E-state index in [2.05, 4.69) is 0 Å². The van der Waals surface area contributed by atoms with Gasteiger partial charge in [0.1, 0.15) is 17.3 Å². The van der Waals surface area contributed by atoms with E-state index in [0.29, 0.717) is 22.6 Å². The molecule has 98 valence electrons. The number of aryl methyl sites for hydroxylation is 2. The van der Waals surface area contributed by atoms with Crippen LogP contribution in [0.3, 0.4) is 0 Å². The Morgan fingerprint density at radius 3 is 2.42 bits per heavy atom. The summed E-state index contributed by atoms with van der Waals surface area (Å²) in [4.78, 5) is 10.8. The van der Waals surface area contributed by atoms with Gasteiger partial charge in [-0.1, -0.05) is 0 Å². The number of rotatable bonds is 3. The molecule has 0 unspecified atom stereocenters. The molecular weight excluding hydrogens is 247 g/mol. The Morgan fingerprint density at radius 1 is 1.11 bits per heavy atom. The van der Waals surface area contributed by atoms with E-state index < -0.39 is 5.97 Å². The maximum atomic E-state index is 13.1. The Balaban J connectivity index is 2.28. The molecule has 0 amide bonds. The number of halogens is 1. The maximum Gasteiger partial charge on any atom is 0.335 e. The predicted molar refractivity (Wildman–Crippen MR) is 69.3 cm³/mol. The van der Waals surface area contributed by atoms with Gasteiger partial charge in [-0.25, -0.2) is 9.18 Å². The molecule has 2 aromatic rings. The Bertz CT molecular complexity index is 635. The lowest BCUT2D eigenvalue weighted by molar-refractivity contribution is 0.0697. The van der Waals surface area contributed by atoms with Crippen LogP contribution in [0, 0.1) is 19.7 Å². The number of hydrogen-bond donors (Lipinski definition) is 1. The van der Waals surface area contributed by atoms with Crippen molar-refractivity contribution in [1.82, 2.24) is 0 Å². The van der Waals surface area contributed by atoms with Crippen molar-refractivity contribution in [2.75, 3.05) is 0 Å². The van der Waals surface area contributed by atoms with Crippen LogP contribution in [-0.2, 0) is 0 Å². The first kappa shape index (κ1) is 13.1. The highest BCUT2D eigenvalue weighted by Crippen LogP contribution is 2.27. The fourth-order valence-corrected chi connectivity index (χ4v) is 1.70. The smallest absolute Gasteiger partial charge is 0.335 e. The number of hydrogen-bond acceptors (Lipinski definition) is 2. The molecule has 0 fully saturated rings. The SMILES string of the molecule is Cc1cc(Oc2ccc(C(=O)O)cc2C)ccc1F. The highest BCUT2D eigenvalue weighted by atomic mass is 19.1. The van der Waals surface area contributed by atoms with E-state index in [1.165, 1.54) is 24.3 Å². The summed E-state index contributed by atoms with van der Waals surface area (Å²) in [5, 5.41) is 8.87. The van der Waals surface area contributed by atoms with Crippen molar-refractivity contribution in [3.05, 3.63) is 58.9 Å². The molecule has 1 N–H and O–H groups in total. The molecule has 0 radical (unpaired) electrons. The average Bonchev–Trinajstić information content (AvgIpc) is 2.36. The minimum Gasteiger partial charge on any atom is -0.478 e. The lowest BCUT2D eigenvalue weighted by atomic mass is 10.1. The van der Waals surface area contributed by atoms with Gasteiger partial charge in [-0.3, -0.25) is 0 Å². The second-order valence-corrected chi connectivity index (χ2v) is 4.30. The Kier molecular flexibility index (Phi) is 3.51. The van der Waals surface area contributed by atoms with Crippen molar-refractivity contribution in [3.63, 3.8) is 0 Å². The summed E-state index contributed by atoms with van der Waals surface area (Å²) in [5.74, 6) is -0.196. The number of carbonyl (C=O) groups is 1. The Morgan fingerprint density at radius 2 is 1.84 bits per heavy atom. The minimum absolute atomic E-state index is 0.208. The van der Waals surface area contributed by atoms with Crippen LogP contribution in [0.4, 0.5) is 4.39 Å². The zero-order valence-corrected chi connectivity index (χ0v) is 10.6. The third-order valence-electron chi connectivity index (χ3n) is 2.78. The molecule has 2 rings (SSSR count). The number of ether oxygens (including phenoxy) is 1. The van der Waals surface area contributed by atoms with Crippen molar-refractivity contribution in [1.29, 1.82) is 0 Å². The molecule has 0 saturated heterocycles. The quantitative estimate of drug-likeness (QED) is 0.909. The average molecular weight is 260 g/mol. The molecule has 0 aromatic heterocycles. The molecule has 0 spiro atoms.